The number of hydrogen-bond donors (Lipinski definition) is 0. The highest BCUT2D eigenvalue weighted by atomic mass is 16.5. The van der Waals surface area contributed by atoms with Gasteiger partial charge in [-0.2, -0.15) is 5.10 Å². The van der Waals surface area contributed by atoms with Crippen LogP contribution in [0.3, 0.4) is 0 Å². The third-order valence-electron chi connectivity index (χ3n) is 3.94. The van der Waals surface area contributed by atoms with Gasteiger partial charge in [0.2, 0.25) is 11.8 Å². The van der Waals surface area contributed by atoms with Gasteiger partial charge in [-0.1, -0.05) is 0 Å². The molecule has 6 nitrogen and oxygen atoms in total. The lowest BCUT2D eigenvalue weighted by atomic mass is 10.0. The number of hydrogen-bond acceptors (Lipinski definition) is 5. The van der Waals surface area contributed by atoms with Crippen LogP contribution in [0.15, 0.2) is 10.6 Å². The highest BCUT2D eigenvalue weighted by molar-refractivity contribution is 5.16. The molecule has 0 aromatic carbocycles. The third kappa shape index (κ3) is 2.75. The minimum atomic E-state index is 0.269. The largest absolute Gasteiger partial charge is 0.425 e. The molecule has 0 spiro atoms. The van der Waals surface area contributed by atoms with Gasteiger partial charge in [0.1, 0.15) is 0 Å². The van der Waals surface area contributed by atoms with Crippen LogP contribution in [-0.4, -0.2) is 33.2 Å². The van der Waals surface area contributed by atoms with Crippen LogP contribution in [0.1, 0.15) is 41.8 Å². The molecule has 1 aliphatic rings. The summed E-state index contributed by atoms with van der Waals surface area (Å²) in [7, 11) is 1.95. The van der Waals surface area contributed by atoms with Gasteiger partial charge < -0.3 is 9.15 Å². The second kappa shape index (κ2) is 5.75. The van der Waals surface area contributed by atoms with Gasteiger partial charge in [0, 0.05) is 25.8 Å². The van der Waals surface area contributed by atoms with Gasteiger partial charge in [-0.05, 0) is 31.7 Å². The Morgan fingerprint density at radius 2 is 2.25 bits per heavy atom. The molecule has 0 radical (unpaired) electrons. The van der Waals surface area contributed by atoms with Crippen molar-refractivity contribution >= 4 is 0 Å². The molecule has 0 aliphatic carbocycles. The molecule has 1 fully saturated rings. The zero-order valence-corrected chi connectivity index (χ0v) is 12.0. The zero-order valence-electron chi connectivity index (χ0n) is 12.0. The molecule has 6 heteroatoms. The lowest BCUT2D eigenvalue weighted by Gasteiger charge is -2.18. The van der Waals surface area contributed by atoms with E-state index in [1.54, 1.807) is 0 Å². The lowest BCUT2D eigenvalue weighted by Crippen LogP contribution is -2.15. The summed E-state index contributed by atoms with van der Waals surface area (Å²) in [5, 5.41) is 12.5. The molecule has 1 saturated heterocycles. The minimum absolute atomic E-state index is 0.269. The van der Waals surface area contributed by atoms with Crippen LogP contribution in [0, 0.1) is 6.92 Å². The van der Waals surface area contributed by atoms with Crippen molar-refractivity contribution in [1.82, 2.24) is 20.0 Å². The van der Waals surface area contributed by atoms with Gasteiger partial charge in [-0.25, -0.2) is 0 Å². The molecular weight excluding hydrogens is 256 g/mol. The predicted molar refractivity (Wildman–Crippen MR) is 72.4 cm³/mol. The fourth-order valence-corrected chi connectivity index (χ4v) is 2.50. The molecule has 1 aliphatic heterocycles. The molecule has 0 saturated carbocycles. The Kier molecular flexibility index (Phi) is 3.82. The molecule has 108 valence electrons. The molecule has 1 atom stereocenters. The van der Waals surface area contributed by atoms with Crippen molar-refractivity contribution < 1.29 is 9.15 Å². The summed E-state index contributed by atoms with van der Waals surface area (Å²) in [4.78, 5) is 0. The van der Waals surface area contributed by atoms with Crippen LogP contribution >= 0.6 is 0 Å². The van der Waals surface area contributed by atoms with E-state index in [9.17, 15) is 0 Å². The summed E-state index contributed by atoms with van der Waals surface area (Å²) in [6.45, 7) is 3.61. The minimum Gasteiger partial charge on any atom is -0.425 e. The van der Waals surface area contributed by atoms with Crippen LogP contribution in [0.25, 0.3) is 0 Å². The van der Waals surface area contributed by atoms with Gasteiger partial charge >= 0.3 is 0 Å². The lowest BCUT2D eigenvalue weighted by molar-refractivity contribution is 0.0721. The Bertz CT molecular complexity index is 569. The first kappa shape index (κ1) is 13.3. The molecule has 2 aromatic rings. The topological polar surface area (TPSA) is 66.0 Å². The van der Waals surface area contributed by atoms with Gasteiger partial charge in [-0.15, -0.1) is 10.2 Å². The van der Waals surface area contributed by atoms with Gasteiger partial charge in [0.15, 0.2) is 0 Å². The van der Waals surface area contributed by atoms with E-state index >= 15 is 0 Å². The summed E-state index contributed by atoms with van der Waals surface area (Å²) >= 11 is 0. The van der Waals surface area contributed by atoms with E-state index in [0.717, 1.165) is 38.2 Å². The third-order valence-corrected chi connectivity index (χ3v) is 3.94. The van der Waals surface area contributed by atoms with Crippen molar-refractivity contribution in [2.75, 3.05) is 13.2 Å². The Balaban J connectivity index is 1.61. The van der Waals surface area contributed by atoms with Crippen molar-refractivity contribution in [3.63, 3.8) is 0 Å². The van der Waals surface area contributed by atoms with Crippen LogP contribution in [0.4, 0.5) is 0 Å². The molecule has 0 amide bonds. The van der Waals surface area contributed by atoms with Gasteiger partial charge in [0.05, 0.1) is 18.7 Å². The molecule has 3 heterocycles. The van der Waals surface area contributed by atoms with Crippen molar-refractivity contribution in [1.29, 1.82) is 0 Å². The fraction of sp³-hybridized carbons (Fsp3) is 0.643. The first-order valence-corrected chi connectivity index (χ1v) is 7.11. The van der Waals surface area contributed by atoms with Gasteiger partial charge in [0.25, 0.3) is 0 Å². The fourth-order valence-electron chi connectivity index (χ4n) is 2.50. The number of nitrogens with zero attached hydrogens (tertiary/aromatic N) is 4. The standard InChI is InChI=1S/C14H20N4O2/c1-10-11(8-15-18(10)2)5-6-13-16-17-14(20-13)12-4-3-7-19-9-12/h8,12H,3-7,9H2,1-2H3. The average molecular weight is 276 g/mol. The number of ether oxygens (including phenoxy) is 1. The zero-order chi connectivity index (χ0) is 13.9. The first-order valence-electron chi connectivity index (χ1n) is 7.11. The normalized spacial score (nSPS) is 19.4. The molecule has 3 rings (SSSR count). The summed E-state index contributed by atoms with van der Waals surface area (Å²) in [6, 6.07) is 0. The summed E-state index contributed by atoms with van der Waals surface area (Å²) in [5.41, 5.74) is 2.42. The maximum absolute atomic E-state index is 5.76. The second-order valence-corrected chi connectivity index (χ2v) is 5.33. The molecule has 1 unspecified atom stereocenters. The SMILES string of the molecule is Cc1c(CCc2nnc(C3CCCOC3)o2)cnn1C. The van der Waals surface area contributed by atoms with Crippen LogP contribution in [0.2, 0.25) is 0 Å². The second-order valence-electron chi connectivity index (χ2n) is 5.33. The van der Waals surface area contributed by atoms with Crippen molar-refractivity contribution in [2.24, 2.45) is 7.05 Å². The van der Waals surface area contributed by atoms with E-state index in [-0.39, 0.29) is 5.92 Å². The number of rotatable bonds is 4. The highest BCUT2D eigenvalue weighted by Crippen LogP contribution is 2.24. The van der Waals surface area contributed by atoms with Crippen LogP contribution < -0.4 is 0 Å². The number of aryl methyl sites for hydroxylation is 3. The maximum atomic E-state index is 5.76. The number of aromatic nitrogens is 4. The molecule has 2 aromatic heterocycles. The molecular formula is C14H20N4O2. The van der Waals surface area contributed by atoms with E-state index < -0.39 is 0 Å². The maximum Gasteiger partial charge on any atom is 0.221 e. The van der Waals surface area contributed by atoms with Crippen LogP contribution in [0.5, 0.6) is 0 Å². The van der Waals surface area contributed by atoms with Crippen LogP contribution in [-0.2, 0) is 24.6 Å². The quantitative estimate of drug-likeness (QED) is 0.851. The van der Waals surface area contributed by atoms with E-state index in [1.165, 1.54) is 11.3 Å². The Labute approximate surface area is 118 Å². The van der Waals surface area contributed by atoms with E-state index in [4.69, 9.17) is 9.15 Å². The van der Waals surface area contributed by atoms with Gasteiger partial charge in [-0.3, -0.25) is 4.68 Å². The summed E-state index contributed by atoms with van der Waals surface area (Å²) in [5.74, 6) is 1.70. The summed E-state index contributed by atoms with van der Waals surface area (Å²) in [6.07, 6.45) is 5.68. The highest BCUT2D eigenvalue weighted by Gasteiger charge is 2.21. The Hall–Kier alpha value is -1.69. The van der Waals surface area contributed by atoms with E-state index in [1.807, 2.05) is 17.9 Å². The van der Waals surface area contributed by atoms with E-state index in [0.29, 0.717) is 12.5 Å². The smallest absolute Gasteiger partial charge is 0.221 e. The summed E-state index contributed by atoms with van der Waals surface area (Å²) < 4.78 is 13.1. The Morgan fingerprint density at radius 3 is 2.95 bits per heavy atom. The molecule has 20 heavy (non-hydrogen) atoms. The van der Waals surface area contributed by atoms with Crippen molar-refractivity contribution in [3.8, 4) is 0 Å². The average Bonchev–Trinajstić information content (AvgIpc) is 3.07. The first-order chi connectivity index (χ1) is 9.74. The molecule has 0 N–H and O–H groups in total. The Morgan fingerprint density at radius 1 is 1.35 bits per heavy atom. The molecule has 0 bridgehead atoms. The van der Waals surface area contributed by atoms with E-state index in [2.05, 4.69) is 22.2 Å². The van der Waals surface area contributed by atoms with Crippen molar-refractivity contribution in [2.45, 2.75) is 38.5 Å². The predicted octanol–water partition coefficient (Wildman–Crippen LogP) is 1.79. The monoisotopic (exact) mass is 276 g/mol. The van der Waals surface area contributed by atoms with Crippen molar-refractivity contribution in [3.05, 3.63) is 29.2 Å².